The molecule has 1 aliphatic rings. The third kappa shape index (κ3) is 3.05. The molecule has 0 spiro atoms. The quantitative estimate of drug-likeness (QED) is 0.936. The van der Waals surface area contributed by atoms with Gasteiger partial charge in [-0.15, -0.1) is 0 Å². The van der Waals surface area contributed by atoms with E-state index in [1.807, 2.05) is 0 Å². The van der Waals surface area contributed by atoms with E-state index in [9.17, 15) is 18.4 Å². The molecule has 1 saturated heterocycles. The van der Waals surface area contributed by atoms with Gasteiger partial charge in [0, 0.05) is 32.3 Å². The number of aromatic nitrogens is 2. The minimum atomic E-state index is -0.827. The molecular formula is C15H14F2N4O2. The summed E-state index contributed by atoms with van der Waals surface area (Å²) < 4.78 is 28.3. The Morgan fingerprint density at radius 2 is 2.17 bits per heavy atom. The van der Waals surface area contributed by atoms with Crippen LogP contribution in [0.15, 0.2) is 30.6 Å². The summed E-state index contributed by atoms with van der Waals surface area (Å²) in [6.07, 6.45) is 3.10. The molecule has 23 heavy (non-hydrogen) atoms. The minimum Gasteiger partial charge on any atom is -0.323 e. The van der Waals surface area contributed by atoms with Crippen LogP contribution in [-0.4, -0.2) is 28.1 Å². The molecule has 1 fully saturated rings. The summed E-state index contributed by atoms with van der Waals surface area (Å²) in [5.74, 6) is -2.86. The van der Waals surface area contributed by atoms with Crippen molar-refractivity contribution < 1.29 is 18.4 Å². The highest BCUT2D eigenvalue weighted by atomic mass is 19.1. The van der Waals surface area contributed by atoms with E-state index >= 15 is 0 Å². The van der Waals surface area contributed by atoms with Gasteiger partial charge in [-0.2, -0.15) is 5.10 Å². The number of hydrogen-bond donors (Lipinski definition) is 1. The van der Waals surface area contributed by atoms with Crippen LogP contribution >= 0.6 is 0 Å². The molecule has 1 N–H and O–H groups in total. The Balaban J connectivity index is 1.73. The van der Waals surface area contributed by atoms with Gasteiger partial charge in [0.15, 0.2) is 0 Å². The van der Waals surface area contributed by atoms with Crippen LogP contribution in [0.2, 0.25) is 0 Å². The molecule has 0 aliphatic carbocycles. The van der Waals surface area contributed by atoms with E-state index in [4.69, 9.17) is 0 Å². The molecule has 0 radical (unpaired) electrons. The molecule has 6 nitrogen and oxygen atoms in total. The topological polar surface area (TPSA) is 67.2 Å². The van der Waals surface area contributed by atoms with Crippen molar-refractivity contribution in [3.05, 3.63) is 42.2 Å². The average Bonchev–Trinajstić information content (AvgIpc) is 3.05. The normalized spacial score (nSPS) is 17.6. The van der Waals surface area contributed by atoms with Crippen LogP contribution in [0.5, 0.6) is 0 Å². The molecule has 2 aromatic rings. The largest absolute Gasteiger partial charge is 0.323 e. The molecule has 2 heterocycles. The van der Waals surface area contributed by atoms with Crippen LogP contribution < -0.4 is 10.2 Å². The van der Waals surface area contributed by atoms with E-state index in [-0.39, 0.29) is 30.5 Å². The highest BCUT2D eigenvalue weighted by molar-refractivity contribution is 6.03. The number of nitrogens with zero attached hydrogens (tertiary/aromatic N) is 3. The van der Waals surface area contributed by atoms with Gasteiger partial charge in [-0.25, -0.2) is 8.78 Å². The molecule has 120 valence electrons. The van der Waals surface area contributed by atoms with E-state index in [1.54, 1.807) is 13.2 Å². The number of hydrogen-bond acceptors (Lipinski definition) is 3. The first-order chi connectivity index (χ1) is 10.9. The maximum absolute atomic E-state index is 13.8. The predicted octanol–water partition coefficient (Wildman–Crippen LogP) is 1.69. The Morgan fingerprint density at radius 3 is 2.83 bits per heavy atom. The number of halogens is 2. The smallest absolute Gasteiger partial charge is 0.229 e. The number of anilines is 2. The van der Waals surface area contributed by atoms with Gasteiger partial charge in [-0.3, -0.25) is 14.3 Å². The maximum atomic E-state index is 13.8. The third-order valence-electron chi connectivity index (χ3n) is 3.67. The van der Waals surface area contributed by atoms with Gasteiger partial charge in [0.2, 0.25) is 11.8 Å². The van der Waals surface area contributed by atoms with Gasteiger partial charge in [0.25, 0.3) is 0 Å². The Labute approximate surface area is 130 Å². The third-order valence-corrected chi connectivity index (χ3v) is 3.67. The van der Waals surface area contributed by atoms with Crippen molar-refractivity contribution in [1.82, 2.24) is 9.78 Å². The van der Waals surface area contributed by atoms with Crippen molar-refractivity contribution in [3.63, 3.8) is 0 Å². The van der Waals surface area contributed by atoms with Gasteiger partial charge in [-0.05, 0) is 12.1 Å². The molecule has 0 saturated carbocycles. The molecule has 1 aliphatic heterocycles. The van der Waals surface area contributed by atoms with Crippen LogP contribution in [-0.2, 0) is 16.6 Å². The molecule has 1 aromatic heterocycles. The lowest BCUT2D eigenvalue weighted by Crippen LogP contribution is -2.28. The lowest BCUT2D eigenvalue weighted by atomic mass is 10.1. The Kier molecular flexibility index (Phi) is 3.81. The van der Waals surface area contributed by atoms with Crippen molar-refractivity contribution in [2.24, 2.45) is 13.0 Å². The first-order valence-corrected chi connectivity index (χ1v) is 6.99. The van der Waals surface area contributed by atoms with Gasteiger partial charge in [-0.1, -0.05) is 0 Å². The summed E-state index contributed by atoms with van der Waals surface area (Å²) in [6, 6.07) is 2.99. The standard InChI is InChI=1S/C15H14F2N4O2/c1-20-8-11(6-18-20)19-15(23)9-4-14(22)21(7-9)13-3-2-10(16)5-12(13)17/h2-3,5-6,8-9H,4,7H2,1H3,(H,19,23)/t9-/m0/s1. The summed E-state index contributed by atoms with van der Waals surface area (Å²) in [5.41, 5.74) is 0.504. The molecule has 0 unspecified atom stereocenters. The Hall–Kier alpha value is -2.77. The average molecular weight is 320 g/mol. The number of amides is 2. The summed E-state index contributed by atoms with van der Waals surface area (Å²) in [7, 11) is 1.72. The lowest BCUT2D eigenvalue weighted by Gasteiger charge is -2.17. The Bertz CT molecular complexity index is 775. The number of carbonyl (C=O) groups is 2. The second-order valence-electron chi connectivity index (χ2n) is 5.39. The lowest BCUT2D eigenvalue weighted by molar-refractivity contribution is -0.122. The molecule has 8 heteroatoms. The van der Waals surface area contributed by atoms with Crippen molar-refractivity contribution in [3.8, 4) is 0 Å². The number of aryl methyl sites for hydroxylation is 1. The Morgan fingerprint density at radius 1 is 1.39 bits per heavy atom. The number of benzene rings is 1. The molecule has 1 atom stereocenters. The zero-order valence-electron chi connectivity index (χ0n) is 12.3. The van der Waals surface area contributed by atoms with E-state index < -0.39 is 17.6 Å². The zero-order valence-corrected chi connectivity index (χ0v) is 12.3. The fourth-order valence-corrected chi connectivity index (χ4v) is 2.55. The fraction of sp³-hybridized carbons (Fsp3) is 0.267. The van der Waals surface area contributed by atoms with Gasteiger partial charge in [0.05, 0.1) is 23.5 Å². The van der Waals surface area contributed by atoms with E-state index in [0.717, 1.165) is 6.07 Å². The summed E-state index contributed by atoms with van der Waals surface area (Å²) in [6.45, 7) is 0.0491. The predicted molar refractivity (Wildman–Crippen MR) is 78.7 cm³/mol. The van der Waals surface area contributed by atoms with E-state index in [1.165, 1.54) is 21.8 Å². The molecule has 3 rings (SSSR count). The summed E-state index contributed by atoms with van der Waals surface area (Å²) in [5, 5.41) is 6.60. The van der Waals surface area contributed by atoms with E-state index in [2.05, 4.69) is 10.4 Å². The highest BCUT2D eigenvalue weighted by Gasteiger charge is 2.36. The number of carbonyl (C=O) groups excluding carboxylic acids is 2. The molecule has 1 aromatic carbocycles. The zero-order chi connectivity index (χ0) is 16.6. The van der Waals surface area contributed by atoms with Crippen LogP contribution in [0.25, 0.3) is 0 Å². The number of nitrogens with one attached hydrogen (secondary N) is 1. The highest BCUT2D eigenvalue weighted by Crippen LogP contribution is 2.28. The van der Waals surface area contributed by atoms with E-state index in [0.29, 0.717) is 11.8 Å². The SMILES string of the molecule is Cn1cc(NC(=O)[C@H]2CC(=O)N(c3ccc(F)cc3F)C2)cn1. The van der Waals surface area contributed by atoms with Crippen LogP contribution in [0.3, 0.4) is 0 Å². The van der Waals surface area contributed by atoms with Crippen molar-refractivity contribution >= 4 is 23.2 Å². The summed E-state index contributed by atoms with van der Waals surface area (Å²) >= 11 is 0. The van der Waals surface area contributed by atoms with Crippen LogP contribution in [0.1, 0.15) is 6.42 Å². The molecule has 2 amide bonds. The number of rotatable bonds is 3. The maximum Gasteiger partial charge on any atom is 0.229 e. The van der Waals surface area contributed by atoms with Gasteiger partial charge in [0.1, 0.15) is 11.6 Å². The van der Waals surface area contributed by atoms with Crippen LogP contribution in [0, 0.1) is 17.6 Å². The fourth-order valence-electron chi connectivity index (χ4n) is 2.55. The monoisotopic (exact) mass is 320 g/mol. The van der Waals surface area contributed by atoms with Gasteiger partial charge >= 0.3 is 0 Å². The molecular weight excluding hydrogens is 306 g/mol. The van der Waals surface area contributed by atoms with Crippen molar-refractivity contribution in [2.75, 3.05) is 16.8 Å². The first-order valence-electron chi connectivity index (χ1n) is 6.99. The van der Waals surface area contributed by atoms with Crippen molar-refractivity contribution in [1.29, 1.82) is 0 Å². The molecule has 0 bridgehead atoms. The van der Waals surface area contributed by atoms with Crippen molar-refractivity contribution in [2.45, 2.75) is 6.42 Å². The van der Waals surface area contributed by atoms with Crippen LogP contribution in [0.4, 0.5) is 20.2 Å². The summed E-state index contributed by atoms with van der Waals surface area (Å²) in [4.78, 5) is 25.4. The second kappa shape index (κ2) is 5.79. The minimum absolute atomic E-state index is 0.0203. The first kappa shape index (κ1) is 15.1. The van der Waals surface area contributed by atoms with Gasteiger partial charge < -0.3 is 10.2 Å². The second-order valence-corrected chi connectivity index (χ2v) is 5.39.